The van der Waals surface area contributed by atoms with Crippen molar-refractivity contribution in [3.05, 3.63) is 167 Å². The highest BCUT2D eigenvalue weighted by Gasteiger charge is 2.23. The standard InChI is InChI=1S/C39H30N2O6/c1-23-5-13-27(14-6-23)46-28-15-7-24(8-16-28)39(2,3)25-9-17-29(18-10-25)47-30-19-11-26(12-20-30)41-37(44)33-21-31-32(22-34(33)38(41)45)36(43)40(4)35(31)42/h5-22H,1-4H3. The van der Waals surface area contributed by atoms with Crippen molar-refractivity contribution in [2.75, 3.05) is 0 Å². The third-order valence-electron chi connectivity index (χ3n) is 8.83. The summed E-state index contributed by atoms with van der Waals surface area (Å²) in [6.07, 6.45) is 0. The summed E-state index contributed by atoms with van der Waals surface area (Å²) in [5.41, 5.74) is 1.41. The van der Waals surface area contributed by atoms with E-state index in [9.17, 15) is 19.2 Å². The summed E-state index contributed by atoms with van der Waals surface area (Å²) in [7, 11) is 1.37. The second-order valence-corrected chi connectivity index (χ2v) is 12.2. The Balaban J connectivity index is 1.08. The van der Waals surface area contributed by atoms with Crippen molar-refractivity contribution in [1.29, 1.82) is 0 Å². The molecule has 0 atom stereocenters. The van der Waals surface area contributed by atoms with Crippen LogP contribution in [0.3, 0.4) is 0 Å². The molecule has 0 aliphatic heterocycles. The number of ether oxygens (including phenoxy) is 2. The molecule has 8 nitrogen and oxygen atoms in total. The highest BCUT2D eigenvalue weighted by molar-refractivity contribution is 5.98. The molecule has 7 aromatic rings. The molecule has 2 aromatic heterocycles. The van der Waals surface area contributed by atoms with Crippen molar-refractivity contribution >= 4 is 21.5 Å². The molecule has 232 valence electrons. The zero-order chi connectivity index (χ0) is 33.0. The molecule has 0 radical (unpaired) electrons. The number of rotatable bonds is 7. The highest BCUT2D eigenvalue weighted by atomic mass is 16.5. The number of nitrogens with zero attached hydrogens (tertiary/aromatic N) is 2. The van der Waals surface area contributed by atoms with Crippen LogP contribution in [0.2, 0.25) is 0 Å². The average Bonchev–Trinajstić information content (AvgIpc) is 3.45. The lowest BCUT2D eigenvalue weighted by Crippen LogP contribution is -2.23. The van der Waals surface area contributed by atoms with Gasteiger partial charge in [0.2, 0.25) is 0 Å². The molecule has 0 aliphatic rings. The fourth-order valence-electron chi connectivity index (χ4n) is 5.92. The normalized spacial score (nSPS) is 11.7. The van der Waals surface area contributed by atoms with Gasteiger partial charge in [0.1, 0.15) is 23.0 Å². The molecule has 0 aliphatic carbocycles. The van der Waals surface area contributed by atoms with Gasteiger partial charge in [0.05, 0.1) is 27.2 Å². The highest BCUT2D eigenvalue weighted by Crippen LogP contribution is 2.35. The maximum Gasteiger partial charge on any atom is 0.266 e. The predicted octanol–water partition coefficient (Wildman–Crippen LogP) is 6.66. The third-order valence-corrected chi connectivity index (χ3v) is 8.83. The molecular weight excluding hydrogens is 592 g/mol. The van der Waals surface area contributed by atoms with Gasteiger partial charge in [-0.1, -0.05) is 55.8 Å². The molecule has 0 saturated carbocycles. The molecule has 5 aromatic carbocycles. The largest absolute Gasteiger partial charge is 0.457 e. The molecular formula is C39H30N2O6. The van der Waals surface area contributed by atoms with Gasteiger partial charge in [-0.3, -0.25) is 23.7 Å². The first kappa shape index (κ1) is 29.7. The Labute approximate surface area is 269 Å². The average molecular weight is 623 g/mol. The van der Waals surface area contributed by atoms with Gasteiger partial charge < -0.3 is 9.47 Å². The van der Waals surface area contributed by atoms with Gasteiger partial charge in [-0.25, -0.2) is 4.57 Å². The Morgan fingerprint density at radius 1 is 0.489 bits per heavy atom. The minimum Gasteiger partial charge on any atom is -0.457 e. The minimum absolute atomic E-state index is 0.0973. The quantitative estimate of drug-likeness (QED) is 0.197. The van der Waals surface area contributed by atoms with Crippen molar-refractivity contribution in [2.45, 2.75) is 26.2 Å². The van der Waals surface area contributed by atoms with E-state index >= 15 is 0 Å². The van der Waals surface area contributed by atoms with Gasteiger partial charge in [-0.15, -0.1) is 0 Å². The molecule has 0 N–H and O–H groups in total. The van der Waals surface area contributed by atoms with E-state index in [0.29, 0.717) is 17.2 Å². The number of hydrogen-bond donors (Lipinski definition) is 0. The van der Waals surface area contributed by atoms with Gasteiger partial charge in [-0.2, -0.15) is 0 Å². The van der Waals surface area contributed by atoms with Gasteiger partial charge >= 0.3 is 0 Å². The SMILES string of the molecule is Cc1ccc(Oc2ccc(C(C)(C)c3ccc(Oc4ccc(-n5c(=O)c6cc7c(=O)n(C)c(=O)c7cc6c5=O)cc4)cc3)cc2)cc1. The molecule has 0 spiro atoms. The van der Waals surface area contributed by atoms with E-state index in [0.717, 1.165) is 31.8 Å². The number of fused-ring (bicyclic) bond motifs is 2. The van der Waals surface area contributed by atoms with Crippen LogP contribution in [-0.2, 0) is 12.5 Å². The molecule has 47 heavy (non-hydrogen) atoms. The van der Waals surface area contributed by atoms with Crippen molar-refractivity contribution < 1.29 is 9.47 Å². The van der Waals surface area contributed by atoms with Crippen molar-refractivity contribution in [3.63, 3.8) is 0 Å². The maximum atomic E-state index is 13.2. The van der Waals surface area contributed by atoms with Crippen molar-refractivity contribution in [1.82, 2.24) is 9.13 Å². The fraction of sp³-hybridized carbons (Fsp3) is 0.128. The number of aryl methyl sites for hydroxylation is 1. The number of benzene rings is 5. The second-order valence-electron chi connectivity index (χ2n) is 12.2. The van der Waals surface area contributed by atoms with E-state index in [2.05, 4.69) is 26.0 Å². The molecule has 7 rings (SSSR count). The topological polar surface area (TPSA) is 96.6 Å². The summed E-state index contributed by atoms with van der Waals surface area (Å²) in [5, 5.41) is 0.442. The fourth-order valence-corrected chi connectivity index (χ4v) is 5.92. The molecule has 8 heteroatoms. The summed E-state index contributed by atoms with van der Waals surface area (Å²) in [5.74, 6) is 2.73. The summed E-state index contributed by atoms with van der Waals surface area (Å²) in [6, 6.07) is 33.2. The van der Waals surface area contributed by atoms with Gasteiger partial charge in [-0.05, 0) is 90.8 Å². The molecule has 0 fully saturated rings. The Morgan fingerprint density at radius 2 is 0.830 bits per heavy atom. The zero-order valence-electron chi connectivity index (χ0n) is 26.2. The summed E-state index contributed by atoms with van der Waals surface area (Å²) in [4.78, 5) is 51.3. The zero-order valence-corrected chi connectivity index (χ0v) is 26.2. The predicted molar refractivity (Wildman–Crippen MR) is 184 cm³/mol. The first-order valence-electron chi connectivity index (χ1n) is 15.1. The van der Waals surface area contributed by atoms with Gasteiger partial charge in [0, 0.05) is 12.5 Å². The lowest BCUT2D eigenvalue weighted by molar-refractivity contribution is 0.481. The molecule has 2 heterocycles. The van der Waals surface area contributed by atoms with Crippen molar-refractivity contribution in [3.8, 4) is 28.7 Å². The maximum absolute atomic E-state index is 13.2. The molecule has 0 saturated heterocycles. The minimum atomic E-state index is -0.553. The lowest BCUT2D eigenvalue weighted by atomic mass is 9.78. The number of hydrogen-bond acceptors (Lipinski definition) is 6. The van der Waals surface area contributed by atoms with Crippen LogP contribution in [0.25, 0.3) is 27.2 Å². The lowest BCUT2D eigenvalue weighted by Gasteiger charge is -2.26. The Kier molecular flexibility index (Phi) is 7.01. The van der Waals surface area contributed by atoms with Crippen LogP contribution < -0.4 is 31.7 Å². The number of aromatic nitrogens is 2. The first-order valence-corrected chi connectivity index (χ1v) is 15.1. The van der Waals surface area contributed by atoms with Crippen LogP contribution in [0.4, 0.5) is 0 Å². The Hall–Kier alpha value is -6.02. The monoisotopic (exact) mass is 622 g/mol. The smallest absolute Gasteiger partial charge is 0.266 e. The van der Waals surface area contributed by atoms with Crippen LogP contribution >= 0.6 is 0 Å². The first-order chi connectivity index (χ1) is 22.5. The van der Waals surface area contributed by atoms with E-state index in [-0.39, 0.29) is 27.0 Å². The molecule has 0 amide bonds. The van der Waals surface area contributed by atoms with Crippen LogP contribution in [-0.4, -0.2) is 9.13 Å². The summed E-state index contributed by atoms with van der Waals surface area (Å²) in [6.45, 7) is 6.37. The third kappa shape index (κ3) is 5.13. The van der Waals surface area contributed by atoms with E-state index in [1.54, 1.807) is 24.3 Å². The van der Waals surface area contributed by atoms with E-state index in [1.807, 2.05) is 67.6 Å². The molecule has 0 bridgehead atoms. The van der Waals surface area contributed by atoms with Gasteiger partial charge in [0.15, 0.2) is 0 Å². The van der Waals surface area contributed by atoms with Gasteiger partial charge in [0.25, 0.3) is 22.2 Å². The Morgan fingerprint density at radius 3 is 1.23 bits per heavy atom. The van der Waals surface area contributed by atoms with Crippen LogP contribution in [0.5, 0.6) is 23.0 Å². The van der Waals surface area contributed by atoms with E-state index in [4.69, 9.17) is 9.47 Å². The van der Waals surface area contributed by atoms with Crippen LogP contribution in [0.1, 0.15) is 30.5 Å². The Bertz CT molecular complexity index is 2420. The van der Waals surface area contributed by atoms with E-state index in [1.165, 1.54) is 24.7 Å². The van der Waals surface area contributed by atoms with Crippen LogP contribution in [0, 0.1) is 6.92 Å². The summed E-state index contributed by atoms with van der Waals surface area (Å²) >= 11 is 0. The van der Waals surface area contributed by atoms with E-state index < -0.39 is 22.2 Å². The molecule has 0 unspecified atom stereocenters. The van der Waals surface area contributed by atoms with Crippen molar-refractivity contribution in [2.24, 2.45) is 7.05 Å². The van der Waals surface area contributed by atoms with Crippen LogP contribution in [0.15, 0.2) is 128 Å². The second kappa shape index (κ2) is 11.1. The summed E-state index contributed by atoms with van der Waals surface area (Å²) < 4.78 is 14.1.